The van der Waals surface area contributed by atoms with Gasteiger partial charge in [-0.2, -0.15) is 0 Å². The molecule has 8 unspecified atom stereocenters. The van der Waals surface area contributed by atoms with Gasteiger partial charge in [-0.05, 0) is 104 Å². The number of hydrogen-bond donors (Lipinski definition) is 2. The number of aliphatic hydroxyl groups excluding tert-OH is 1. The Bertz CT molecular complexity index is 623. The Balaban J connectivity index is 1.53. The van der Waals surface area contributed by atoms with Crippen molar-refractivity contribution in [3.05, 3.63) is 0 Å². The van der Waals surface area contributed by atoms with Crippen LogP contribution in [0, 0.1) is 46.3 Å². The smallest absolute Gasteiger partial charge is 0.305 e. The van der Waals surface area contributed by atoms with Crippen LogP contribution < -0.4 is 5.73 Å². The molecule has 4 nitrogen and oxygen atoms in total. The second-order valence-corrected chi connectivity index (χ2v) is 11.6. The zero-order valence-corrected chi connectivity index (χ0v) is 19.0. The van der Waals surface area contributed by atoms with Crippen LogP contribution >= 0.6 is 0 Å². The van der Waals surface area contributed by atoms with Crippen LogP contribution in [-0.4, -0.2) is 30.3 Å². The topological polar surface area (TPSA) is 72.5 Å². The van der Waals surface area contributed by atoms with Gasteiger partial charge in [0.15, 0.2) is 0 Å². The predicted molar refractivity (Wildman–Crippen MR) is 115 cm³/mol. The van der Waals surface area contributed by atoms with E-state index < -0.39 is 0 Å². The van der Waals surface area contributed by atoms with E-state index in [-0.39, 0.29) is 17.5 Å². The van der Waals surface area contributed by atoms with E-state index in [1.165, 1.54) is 45.6 Å². The van der Waals surface area contributed by atoms with Crippen molar-refractivity contribution < 1.29 is 14.6 Å². The van der Waals surface area contributed by atoms with Gasteiger partial charge in [0.05, 0.1) is 13.2 Å². The summed E-state index contributed by atoms with van der Waals surface area (Å²) >= 11 is 0. The first kappa shape index (κ1) is 21.6. The number of hydrogen-bond acceptors (Lipinski definition) is 4. The van der Waals surface area contributed by atoms with Gasteiger partial charge in [0, 0.05) is 12.5 Å². The van der Waals surface area contributed by atoms with Gasteiger partial charge in [-0.1, -0.05) is 20.8 Å². The lowest BCUT2D eigenvalue weighted by Crippen LogP contribution is -2.59. The van der Waals surface area contributed by atoms with Crippen LogP contribution in [0.3, 0.4) is 0 Å². The van der Waals surface area contributed by atoms with Gasteiger partial charge in [-0.25, -0.2) is 0 Å². The fraction of sp³-hybridized carbons (Fsp3) is 0.960. The number of fused-ring (bicyclic) bond motifs is 5. The van der Waals surface area contributed by atoms with Crippen molar-refractivity contribution in [2.24, 2.45) is 52.1 Å². The van der Waals surface area contributed by atoms with Crippen LogP contribution in [0.2, 0.25) is 0 Å². The molecule has 29 heavy (non-hydrogen) atoms. The Morgan fingerprint density at radius 2 is 1.90 bits per heavy atom. The Hall–Kier alpha value is -0.610. The summed E-state index contributed by atoms with van der Waals surface area (Å²) < 4.78 is 4.86. The maximum Gasteiger partial charge on any atom is 0.305 e. The van der Waals surface area contributed by atoms with Gasteiger partial charge in [0.25, 0.3) is 0 Å². The number of esters is 1. The standard InChI is InChI=1S/C25H43NO3/c1-15(5-10-23(28)29-4)19-8-9-20-18-7-6-16-13-17(26)11-12-24(16,2)21(18)14-22(27)25(19,20)3/h15-22,27H,5-14,26H2,1-4H3/t15?,16?,17?,18?,19-,20?,21?,22?,24?,25-/m1/s1. The number of ether oxygens (including phenoxy) is 1. The molecule has 166 valence electrons. The third-order valence-corrected chi connectivity index (χ3v) is 10.6. The Labute approximate surface area is 177 Å². The molecular weight excluding hydrogens is 362 g/mol. The van der Waals surface area contributed by atoms with Gasteiger partial charge in [0.2, 0.25) is 0 Å². The van der Waals surface area contributed by atoms with Crippen molar-refractivity contribution >= 4 is 5.97 Å². The predicted octanol–water partition coefficient (Wildman–Crippen LogP) is 4.53. The van der Waals surface area contributed by atoms with E-state index in [9.17, 15) is 9.90 Å². The number of carbonyl (C=O) groups is 1. The van der Waals surface area contributed by atoms with E-state index in [1.807, 2.05) is 0 Å². The number of carbonyl (C=O) groups excluding carboxylic acids is 1. The second kappa shape index (κ2) is 7.82. The second-order valence-electron chi connectivity index (χ2n) is 11.6. The van der Waals surface area contributed by atoms with E-state index in [1.54, 1.807) is 0 Å². The third kappa shape index (κ3) is 3.37. The normalized spacial score (nSPS) is 50.2. The van der Waals surface area contributed by atoms with E-state index >= 15 is 0 Å². The molecule has 4 fully saturated rings. The fourth-order valence-electron chi connectivity index (χ4n) is 8.86. The van der Waals surface area contributed by atoms with Gasteiger partial charge >= 0.3 is 5.97 Å². The van der Waals surface area contributed by atoms with Crippen LogP contribution in [0.4, 0.5) is 0 Å². The minimum absolute atomic E-state index is 0.00493. The van der Waals surface area contributed by atoms with Crippen molar-refractivity contribution in [3.63, 3.8) is 0 Å². The quantitative estimate of drug-likeness (QED) is 0.674. The summed E-state index contributed by atoms with van der Waals surface area (Å²) in [7, 11) is 1.47. The summed E-state index contributed by atoms with van der Waals surface area (Å²) in [6, 6.07) is 0.384. The summed E-state index contributed by atoms with van der Waals surface area (Å²) in [5, 5.41) is 11.6. The first-order chi connectivity index (χ1) is 13.7. The number of methoxy groups -OCH3 is 1. The van der Waals surface area contributed by atoms with Gasteiger partial charge in [-0.15, -0.1) is 0 Å². The lowest BCUT2D eigenvalue weighted by atomic mass is 9.43. The molecule has 4 saturated carbocycles. The van der Waals surface area contributed by atoms with E-state index in [0.717, 1.165) is 31.1 Å². The van der Waals surface area contributed by atoms with Crippen molar-refractivity contribution in [3.8, 4) is 0 Å². The summed E-state index contributed by atoms with van der Waals surface area (Å²) in [6.45, 7) is 7.21. The summed E-state index contributed by atoms with van der Waals surface area (Å²) in [5.74, 6) is 3.66. The lowest BCUT2D eigenvalue weighted by Gasteiger charge is -2.62. The highest BCUT2D eigenvalue weighted by atomic mass is 16.5. The summed E-state index contributed by atoms with van der Waals surface area (Å²) in [4.78, 5) is 11.7. The van der Waals surface area contributed by atoms with Crippen molar-refractivity contribution in [2.45, 2.75) is 97.1 Å². The molecule has 0 aromatic carbocycles. The minimum Gasteiger partial charge on any atom is -0.469 e. The molecule has 0 saturated heterocycles. The highest BCUT2D eigenvalue weighted by molar-refractivity contribution is 5.69. The van der Waals surface area contributed by atoms with Crippen LogP contribution in [-0.2, 0) is 9.53 Å². The minimum atomic E-state index is -0.215. The molecule has 4 aliphatic rings. The Kier molecular flexibility index (Phi) is 5.83. The van der Waals surface area contributed by atoms with E-state index in [2.05, 4.69) is 20.8 Å². The molecule has 0 bridgehead atoms. The molecule has 4 rings (SSSR count). The first-order valence-corrected chi connectivity index (χ1v) is 12.2. The van der Waals surface area contributed by atoms with Crippen LogP contribution in [0.5, 0.6) is 0 Å². The third-order valence-electron chi connectivity index (χ3n) is 10.6. The molecule has 10 atom stereocenters. The zero-order chi connectivity index (χ0) is 21.0. The molecular formula is C25H43NO3. The molecule has 0 aliphatic heterocycles. The largest absolute Gasteiger partial charge is 0.469 e. The summed E-state index contributed by atoms with van der Waals surface area (Å²) in [6.07, 6.45) is 10.8. The molecule has 0 aromatic rings. The molecule has 3 N–H and O–H groups in total. The van der Waals surface area contributed by atoms with Gasteiger partial charge in [0.1, 0.15) is 0 Å². The average Bonchev–Trinajstić information content (AvgIpc) is 3.06. The molecule has 4 heteroatoms. The SMILES string of the molecule is COC(=O)CCC(C)[C@H]1CCC2C3CCC4CC(N)CCC4(C)C3CC(O)[C@@]21C. The number of rotatable bonds is 4. The van der Waals surface area contributed by atoms with E-state index in [4.69, 9.17) is 10.5 Å². The molecule has 0 heterocycles. The maximum absolute atomic E-state index is 11.7. The zero-order valence-electron chi connectivity index (χ0n) is 19.0. The Morgan fingerprint density at radius 1 is 1.14 bits per heavy atom. The van der Waals surface area contributed by atoms with E-state index in [0.29, 0.717) is 41.5 Å². The number of aliphatic hydroxyl groups is 1. The fourth-order valence-corrected chi connectivity index (χ4v) is 8.86. The molecule has 0 aromatic heterocycles. The molecule has 4 aliphatic carbocycles. The monoisotopic (exact) mass is 405 g/mol. The van der Waals surface area contributed by atoms with Crippen molar-refractivity contribution in [1.29, 1.82) is 0 Å². The number of nitrogens with two attached hydrogens (primary N) is 1. The molecule has 0 amide bonds. The summed E-state index contributed by atoms with van der Waals surface area (Å²) in [5.41, 5.74) is 6.71. The molecule has 0 radical (unpaired) electrons. The van der Waals surface area contributed by atoms with Crippen LogP contribution in [0.25, 0.3) is 0 Å². The molecule has 0 spiro atoms. The highest BCUT2D eigenvalue weighted by Crippen LogP contribution is 2.68. The van der Waals surface area contributed by atoms with Gasteiger partial charge in [-0.3, -0.25) is 4.79 Å². The van der Waals surface area contributed by atoms with Crippen LogP contribution in [0.1, 0.15) is 85.0 Å². The van der Waals surface area contributed by atoms with Crippen molar-refractivity contribution in [2.75, 3.05) is 7.11 Å². The van der Waals surface area contributed by atoms with Gasteiger partial charge < -0.3 is 15.6 Å². The lowest BCUT2D eigenvalue weighted by molar-refractivity contribution is -0.169. The Morgan fingerprint density at radius 3 is 2.62 bits per heavy atom. The van der Waals surface area contributed by atoms with Crippen molar-refractivity contribution in [1.82, 2.24) is 0 Å². The van der Waals surface area contributed by atoms with Crippen LogP contribution in [0.15, 0.2) is 0 Å². The maximum atomic E-state index is 11.7. The highest BCUT2D eigenvalue weighted by Gasteiger charge is 2.63. The average molecular weight is 406 g/mol. The first-order valence-electron chi connectivity index (χ1n) is 12.2.